The number of furan rings is 1. The van der Waals surface area contributed by atoms with Gasteiger partial charge in [-0.05, 0) is 35.9 Å². The van der Waals surface area contributed by atoms with Gasteiger partial charge in [0, 0.05) is 6.07 Å². The third-order valence-corrected chi connectivity index (χ3v) is 4.49. The molecule has 0 saturated heterocycles. The maximum absolute atomic E-state index is 12.2. The Morgan fingerprint density at radius 3 is 2.57 bits per heavy atom. The number of hydrogen-bond acceptors (Lipinski definition) is 5. The molecule has 0 fully saturated rings. The molecule has 1 aliphatic heterocycles. The van der Waals surface area contributed by atoms with Gasteiger partial charge in [0.2, 0.25) is 10.0 Å². The van der Waals surface area contributed by atoms with E-state index in [9.17, 15) is 8.42 Å². The van der Waals surface area contributed by atoms with Crippen molar-refractivity contribution >= 4 is 21.6 Å². The molecule has 1 aliphatic rings. The zero-order valence-corrected chi connectivity index (χ0v) is 12.4. The summed E-state index contributed by atoms with van der Waals surface area (Å²) in [5.41, 5.74) is 0. The largest absolute Gasteiger partial charge is 0.486 e. The van der Waals surface area contributed by atoms with E-state index in [0.717, 1.165) is 0 Å². The number of sulfonamides is 1. The highest BCUT2D eigenvalue weighted by atomic mass is 35.5. The van der Waals surface area contributed by atoms with Gasteiger partial charge in [-0.25, -0.2) is 13.1 Å². The van der Waals surface area contributed by atoms with E-state index in [1.165, 1.54) is 12.1 Å². The van der Waals surface area contributed by atoms with Crippen LogP contribution in [0.2, 0.25) is 5.22 Å². The van der Waals surface area contributed by atoms with E-state index >= 15 is 0 Å². The van der Waals surface area contributed by atoms with Crippen molar-refractivity contribution in [3.63, 3.8) is 0 Å². The van der Waals surface area contributed by atoms with Crippen molar-refractivity contribution in [2.75, 3.05) is 13.2 Å². The van der Waals surface area contributed by atoms with Crippen LogP contribution in [-0.2, 0) is 16.6 Å². The molecule has 0 bridgehead atoms. The second-order valence-corrected chi connectivity index (χ2v) is 6.48. The third-order valence-electron chi connectivity index (χ3n) is 2.89. The Kier molecular flexibility index (Phi) is 3.79. The highest BCUT2D eigenvalue weighted by Gasteiger charge is 2.19. The summed E-state index contributed by atoms with van der Waals surface area (Å²) < 4.78 is 42.7. The van der Waals surface area contributed by atoms with Gasteiger partial charge in [-0.2, -0.15) is 0 Å². The van der Waals surface area contributed by atoms with Gasteiger partial charge in [-0.3, -0.25) is 0 Å². The van der Waals surface area contributed by atoms with E-state index in [4.69, 9.17) is 25.5 Å². The molecule has 0 unspecified atom stereocenters. The lowest BCUT2D eigenvalue weighted by Crippen LogP contribution is -2.23. The molecule has 1 N–H and O–H groups in total. The monoisotopic (exact) mass is 329 g/mol. The quantitative estimate of drug-likeness (QED) is 0.930. The smallest absolute Gasteiger partial charge is 0.241 e. The SMILES string of the molecule is O=S(=O)(NCc1ccc(Cl)o1)c1ccc2c(c1)OCCO2. The lowest BCUT2D eigenvalue weighted by Gasteiger charge is -2.18. The number of nitrogens with one attached hydrogen (secondary N) is 1. The average molecular weight is 330 g/mol. The summed E-state index contributed by atoms with van der Waals surface area (Å²) in [5.74, 6) is 1.39. The summed E-state index contributed by atoms with van der Waals surface area (Å²) in [6.45, 7) is 0.870. The summed E-state index contributed by atoms with van der Waals surface area (Å²) >= 11 is 5.63. The zero-order chi connectivity index (χ0) is 14.9. The topological polar surface area (TPSA) is 77.8 Å². The number of ether oxygens (including phenoxy) is 2. The summed E-state index contributed by atoms with van der Waals surface area (Å²) in [5, 5.41) is 0.212. The molecule has 6 nitrogen and oxygen atoms in total. The molecule has 0 amide bonds. The third kappa shape index (κ3) is 3.15. The van der Waals surface area contributed by atoms with Crippen LogP contribution in [0.5, 0.6) is 11.5 Å². The molecule has 2 aromatic rings. The van der Waals surface area contributed by atoms with Gasteiger partial charge in [-0.15, -0.1) is 0 Å². The molecule has 0 radical (unpaired) electrons. The van der Waals surface area contributed by atoms with Gasteiger partial charge in [0.05, 0.1) is 11.4 Å². The summed E-state index contributed by atoms with van der Waals surface area (Å²) in [6, 6.07) is 7.63. The number of rotatable bonds is 4. The first-order chi connectivity index (χ1) is 10.0. The van der Waals surface area contributed by atoms with Crippen LogP contribution in [0, 0.1) is 0 Å². The van der Waals surface area contributed by atoms with Crippen LogP contribution in [0.25, 0.3) is 0 Å². The van der Waals surface area contributed by atoms with Crippen molar-refractivity contribution in [3.05, 3.63) is 41.3 Å². The predicted octanol–water partition coefficient (Wildman–Crippen LogP) is 2.18. The Labute approximate surface area is 126 Å². The molecule has 1 aromatic heterocycles. The second-order valence-electron chi connectivity index (χ2n) is 4.34. The molecule has 0 atom stereocenters. The van der Waals surface area contributed by atoms with Crippen molar-refractivity contribution in [1.29, 1.82) is 0 Å². The standard InChI is InChI=1S/C13H12ClNO5S/c14-13-4-1-9(20-13)8-15-21(16,17)10-2-3-11-12(7-10)19-6-5-18-11/h1-4,7,15H,5-6,8H2. The van der Waals surface area contributed by atoms with Crippen LogP contribution in [0.15, 0.2) is 39.6 Å². The summed E-state index contributed by atoms with van der Waals surface area (Å²) in [4.78, 5) is 0.101. The fourth-order valence-electron chi connectivity index (χ4n) is 1.89. The second kappa shape index (κ2) is 5.59. The van der Waals surface area contributed by atoms with Crippen LogP contribution in [0.3, 0.4) is 0 Å². The van der Waals surface area contributed by atoms with Gasteiger partial charge in [0.25, 0.3) is 0 Å². The molecule has 0 aliphatic carbocycles. The van der Waals surface area contributed by atoms with E-state index in [0.29, 0.717) is 30.5 Å². The van der Waals surface area contributed by atoms with E-state index in [-0.39, 0.29) is 16.7 Å². The number of hydrogen-bond donors (Lipinski definition) is 1. The maximum atomic E-state index is 12.2. The van der Waals surface area contributed by atoms with Gasteiger partial charge in [-0.1, -0.05) is 0 Å². The van der Waals surface area contributed by atoms with Gasteiger partial charge >= 0.3 is 0 Å². The lowest BCUT2D eigenvalue weighted by molar-refractivity contribution is 0.171. The van der Waals surface area contributed by atoms with Gasteiger partial charge in [0.1, 0.15) is 19.0 Å². The Morgan fingerprint density at radius 2 is 1.86 bits per heavy atom. The van der Waals surface area contributed by atoms with E-state index in [1.54, 1.807) is 18.2 Å². The fourth-order valence-corrected chi connectivity index (χ4v) is 3.06. The van der Waals surface area contributed by atoms with E-state index < -0.39 is 10.0 Å². The highest BCUT2D eigenvalue weighted by Crippen LogP contribution is 2.32. The van der Waals surface area contributed by atoms with Crippen LogP contribution in [-0.4, -0.2) is 21.6 Å². The van der Waals surface area contributed by atoms with Crippen LogP contribution >= 0.6 is 11.6 Å². The van der Waals surface area contributed by atoms with Crippen LogP contribution < -0.4 is 14.2 Å². The number of benzene rings is 1. The highest BCUT2D eigenvalue weighted by molar-refractivity contribution is 7.89. The summed E-state index contributed by atoms with van der Waals surface area (Å²) in [7, 11) is -3.67. The van der Waals surface area contributed by atoms with E-state index in [1.807, 2.05) is 0 Å². The van der Waals surface area contributed by atoms with Gasteiger partial charge in [0.15, 0.2) is 16.7 Å². The van der Waals surface area contributed by atoms with Crippen molar-refractivity contribution in [2.24, 2.45) is 0 Å². The first-order valence-electron chi connectivity index (χ1n) is 6.18. The normalized spacial score (nSPS) is 14.1. The first-order valence-corrected chi connectivity index (χ1v) is 8.04. The van der Waals surface area contributed by atoms with Crippen LogP contribution in [0.1, 0.15) is 5.76 Å². The molecule has 0 spiro atoms. The van der Waals surface area contributed by atoms with E-state index in [2.05, 4.69) is 4.72 Å². The van der Waals surface area contributed by atoms with Crippen molar-refractivity contribution in [3.8, 4) is 11.5 Å². The van der Waals surface area contributed by atoms with Crippen molar-refractivity contribution in [1.82, 2.24) is 4.72 Å². The maximum Gasteiger partial charge on any atom is 0.241 e. The van der Waals surface area contributed by atoms with Crippen molar-refractivity contribution in [2.45, 2.75) is 11.4 Å². The minimum atomic E-state index is -3.67. The Bertz CT molecular complexity index is 756. The molecule has 8 heteroatoms. The molecular weight excluding hydrogens is 318 g/mol. The molecule has 21 heavy (non-hydrogen) atoms. The first kappa shape index (κ1) is 14.2. The molecular formula is C13H12ClNO5S. The molecule has 0 saturated carbocycles. The Hall–Kier alpha value is -1.70. The molecule has 3 rings (SSSR count). The molecule has 2 heterocycles. The Morgan fingerprint density at radius 1 is 1.10 bits per heavy atom. The zero-order valence-electron chi connectivity index (χ0n) is 10.8. The minimum absolute atomic E-state index is 0.0174. The van der Waals surface area contributed by atoms with Gasteiger partial charge < -0.3 is 13.9 Å². The molecule has 1 aromatic carbocycles. The average Bonchev–Trinajstić information content (AvgIpc) is 2.90. The lowest BCUT2D eigenvalue weighted by atomic mass is 10.3. The number of fused-ring (bicyclic) bond motifs is 1. The predicted molar refractivity (Wildman–Crippen MR) is 75.2 cm³/mol. The fraction of sp³-hybridized carbons (Fsp3) is 0.231. The summed E-state index contributed by atoms with van der Waals surface area (Å²) in [6.07, 6.45) is 0. The minimum Gasteiger partial charge on any atom is -0.486 e. The number of halogens is 1. The van der Waals surface area contributed by atoms with Crippen LogP contribution in [0.4, 0.5) is 0 Å². The molecule has 112 valence electrons. The Balaban J connectivity index is 1.78. The van der Waals surface area contributed by atoms with Crippen molar-refractivity contribution < 1.29 is 22.3 Å².